The van der Waals surface area contributed by atoms with Crippen molar-refractivity contribution < 1.29 is 19.1 Å². The van der Waals surface area contributed by atoms with Gasteiger partial charge in [-0.05, 0) is 50.0 Å². The largest absolute Gasteiger partial charge is 0.425 e. The van der Waals surface area contributed by atoms with Crippen molar-refractivity contribution in [2.45, 2.75) is 122 Å². The molecule has 0 saturated heterocycles. The molecule has 0 aliphatic heterocycles. The Hall–Kier alpha value is -2.04. The number of rotatable bonds is 15. The molecular formula is C30H47NO4. The fourth-order valence-electron chi connectivity index (χ4n) is 6.37. The highest BCUT2D eigenvalue weighted by atomic mass is 16.7. The Balaban J connectivity index is 1.40. The van der Waals surface area contributed by atoms with E-state index in [0.717, 1.165) is 12.8 Å². The number of hydrogen-bond acceptors (Lipinski definition) is 4. The second-order valence-corrected chi connectivity index (χ2v) is 10.6. The van der Waals surface area contributed by atoms with Gasteiger partial charge in [0.15, 0.2) is 0 Å². The van der Waals surface area contributed by atoms with Gasteiger partial charge in [0.25, 0.3) is 0 Å². The summed E-state index contributed by atoms with van der Waals surface area (Å²) in [4.78, 5) is 27.3. The lowest BCUT2D eigenvalue weighted by Gasteiger charge is -2.39. The zero-order valence-electron chi connectivity index (χ0n) is 22.3. The maximum absolute atomic E-state index is 13.1. The second-order valence-electron chi connectivity index (χ2n) is 10.6. The van der Waals surface area contributed by atoms with Crippen molar-refractivity contribution in [1.29, 1.82) is 0 Å². The average molecular weight is 486 g/mol. The summed E-state index contributed by atoms with van der Waals surface area (Å²) >= 11 is 0. The topological polar surface area (TPSA) is 55.8 Å². The van der Waals surface area contributed by atoms with Crippen LogP contribution in [0.3, 0.4) is 0 Å². The molecule has 1 aromatic carbocycles. The average Bonchev–Trinajstić information content (AvgIpc) is 3.46. The van der Waals surface area contributed by atoms with Crippen LogP contribution in [0.25, 0.3) is 0 Å². The molecule has 1 aromatic rings. The molecule has 2 bridgehead atoms. The van der Waals surface area contributed by atoms with E-state index in [9.17, 15) is 9.59 Å². The molecule has 1 amide bonds. The molecule has 2 aliphatic carbocycles. The summed E-state index contributed by atoms with van der Waals surface area (Å²) in [7, 11) is 0. The highest BCUT2D eigenvalue weighted by molar-refractivity contribution is 5.71. The molecule has 0 radical (unpaired) electrons. The molecule has 0 heterocycles. The Labute approximate surface area is 212 Å². The van der Waals surface area contributed by atoms with E-state index in [-0.39, 0.29) is 18.1 Å². The lowest BCUT2D eigenvalue weighted by Crippen LogP contribution is -2.47. The summed E-state index contributed by atoms with van der Waals surface area (Å²) in [5, 5.41) is 0. The molecule has 0 aromatic heterocycles. The predicted octanol–water partition coefficient (Wildman–Crippen LogP) is 7.84. The maximum Gasteiger partial charge on any atom is 0.413 e. The molecule has 5 unspecified atom stereocenters. The van der Waals surface area contributed by atoms with Gasteiger partial charge < -0.3 is 14.4 Å². The van der Waals surface area contributed by atoms with Crippen molar-refractivity contribution in [3.8, 4) is 0 Å². The third kappa shape index (κ3) is 7.98. The van der Waals surface area contributed by atoms with Crippen molar-refractivity contribution in [2.75, 3.05) is 6.54 Å². The molecule has 0 N–H and O–H groups in total. The number of ether oxygens (including phenoxy) is 2. The summed E-state index contributed by atoms with van der Waals surface area (Å²) in [5.41, 5.74) is 1.32. The van der Waals surface area contributed by atoms with Crippen molar-refractivity contribution in [3.05, 3.63) is 35.9 Å². The van der Waals surface area contributed by atoms with E-state index in [1.165, 1.54) is 69.8 Å². The SMILES string of the molecule is CCCCCCCCCCCC(=O)OC(C)OC(=O)N(CC)C1C2CCC(C2)C1c1ccccc1. The number of hydrogen-bond donors (Lipinski definition) is 0. The second kappa shape index (κ2) is 14.5. The third-order valence-electron chi connectivity index (χ3n) is 8.04. The van der Waals surface area contributed by atoms with Crippen molar-refractivity contribution in [2.24, 2.45) is 11.8 Å². The van der Waals surface area contributed by atoms with E-state index >= 15 is 0 Å². The highest BCUT2D eigenvalue weighted by Gasteiger charge is 2.51. The van der Waals surface area contributed by atoms with Gasteiger partial charge in [-0.25, -0.2) is 4.79 Å². The number of unbranched alkanes of at least 4 members (excludes halogenated alkanes) is 8. The van der Waals surface area contributed by atoms with E-state index < -0.39 is 6.29 Å². The number of carbonyl (C=O) groups is 2. The Bertz CT molecular complexity index is 767. The fourth-order valence-corrected chi connectivity index (χ4v) is 6.37. The number of nitrogens with zero attached hydrogens (tertiary/aromatic N) is 1. The lowest BCUT2D eigenvalue weighted by molar-refractivity contribution is -0.166. The number of likely N-dealkylation sites (N-methyl/N-ethyl adjacent to an activating group) is 1. The van der Waals surface area contributed by atoms with Gasteiger partial charge in [-0.1, -0.05) is 88.6 Å². The van der Waals surface area contributed by atoms with Gasteiger partial charge in [-0.2, -0.15) is 0 Å². The van der Waals surface area contributed by atoms with Crippen molar-refractivity contribution in [3.63, 3.8) is 0 Å². The first-order valence-corrected chi connectivity index (χ1v) is 14.3. The lowest BCUT2D eigenvalue weighted by atomic mass is 9.79. The third-order valence-corrected chi connectivity index (χ3v) is 8.04. The molecule has 196 valence electrons. The molecule has 35 heavy (non-hydrogen) atoms. The highest BCUT2D eigenvalue weighted by Crippen LogP contribution is 2.55. The van der Waals surface area contributed by atoms with Gasteiger partial charge in [0, 0.05) is 31.8 Å². The van der Waals surface area contributed by atoms with Gasteiger partial charge in [-0.3, -0.25) is 4.79 Å². The molecule has 2 saturated carbocycles. The van der Waals surface area contributed by atoms with Crippen LogP contribution < -0.4 is 0 Å². The van der Waals surface area contributed by atoms with Crippen LogP contribution in [0.2, 0.25) is 0 Å². The minimum Gasteiger partial charge on any atom is -0.425 e. The van der Waals surface area contributed by atoms with Crippen LogP contribution in [-0.4, -0.2) is 35.8 Å². The molecule has 2 aliphatic rings. The standard InChI is InChI=1S/C30H47NO4/c1-4-6-7-8-9-10-11-12-16-19-27(32)34-23(3)35-30(33)31(5-2)29-26-21-20-25(22-26)28(29)24-17-14-13-15-18-24/h13-15,17-18,23,25-26,28-29H,4-12,16,19-22H2,1-3H3. The van der Waals surface area contributed by atoms with Crippen LogP contribution in [0.5, 0.6) is 0 Å². The molecule has 5 atom stereocenters. The molecule has 5 heteroatoms. The first-order chi connectivity index (χ1) is 17.0. The molecular weight excluding hydrogens is 438 g/mol. The van der Waals surface area contributed by atoms with Crippen LogP contribution in [0.15, 0.2) is 30.3 Å². The number of carbonyl (C=O) groups excluding carboxylic acids is 2. The first kappa shape index (κ1) is 27.5. The predicted molar refractivity (Wildman–Crippen MR) is 140 cm³/mol. The molecule has 2 fully saturated rings. The van der Waals surface area contributed by atoms with E-state index in [1.54, 1.807) is 6.92 Å². The molecule has 3 rings (SSSR count). The maximum atomic E-state index is 13.1. The Kier molecular flexibility index (Phi) is 11.4. The zero-order chi connectivity index (χ0) is 25.0. The van der Waals surface area contributed by atoms with Crippen molar-refractivity contribution in [1.82, 2.24) is 4.90 Å². The van der Waals surface area contributed by atoms with E-state index in [2.05, 4.69) is 31.2 Å². The van der Waals surface area contributed by atoms with Crippen LogP contribution in [0.4, 0.5) is 4.79 Å². The van der Waals surface area contributed by atoms with Crippen LogP contribution in [-0.2, 0) is 14.3 Å². The minimum absolute atomic E-state index is 0.151. The Morgan fingerprint density at radius 1 is 0.886 bits per heavy atom. The fraction of sp³-hybridized carbons (Fsp3) is 0.733. The number of benzene rings is 1. The number of esters is 1. The van der Waals surface area contributed by atoms with E-state index in [1.807, 2.05) is 17.9 Å². The van der Waals surface area contributed by atoms with Crippen LogP contribution in [0, 0.1) is 11.8 Å². The van der Waals surface area contributed by atoms with Crippen molar-refractivity contribution >= 4 is 12.1 Å². The molecule has 0 spiro atoms. The first-order valence-electron chi connectivity index (χ1n) is 14.3. The van der Waals surface area contributed by atoms with Crippen LogP contribution >= 0.6 is 0 Å². The zero-order valence-corrected chi connectivity index (χ0v) is 22.3. The van der Waals surface area contributed by atoms with E-state index in [4.69, 9.17) is 9.47 Å². The number of amides is 1. The summed E-state index contributed by atoms with van der Waals surface area (Å²) in [5.74, 6) is 1.22. The summed E-state index contributed by atoms with van der Waals surface area (Å²) in [6.45, 7) is 6.49. The normalized spacial score (nSPS) is 23.7. The van der Waals surface area contributed by atoms with Gasteiger partial charge in [-0.15, -0.1) is 0 Å². The summed E-state index contributed by atoms with van der Waals surface area (Å²) in [6, 6.07) is 10.7. The minimum atomic E-state index is -0.864. The monoisotopic (exact) mass is 485 g/mol. The van der Waals surface area contributed by atoms with Gasteiger partial charge in [0.05, 0.1) is 0 Å². The summed E-state index contributed by atoms with van der Waals surface area (Å²) < 4.78 is 11.0. The smallest absolute Gasteiger partial charge is 0.413 e. The molecule has 5 nitrogen and oxygen atoms in total. The Morgan fingerprint density at radius 3 is 2.17 bits per heavy atom. The van der Waals surface area contributed by atoms with Gasteiger partial charge >= 0.3 is 12.1 Å². The van der Waals surface area contributed by atoms with Crippen LogP contribution in [0.1, 0.15) is 116 Å². The Morgan fingerprint density at radius 2 is 1.51 bits per heavy atom. The van der Waals surface area contributed by atoms with Gasteiger partial charge in [0.2, 0.25) is 6.29 Å². The quantitative estimate of drug-likeness (QED) is 0.144. The van der Waals surface area contributed by atoms with E-state index in [0.29, 0.717) is 30.7 Å². The summed E-state index contributed by atoms with van der Waals surface area (Å²) in [6.07, 6.45) is 13.6. The van der Waals surface area contributed by atoms with Gasteiger partial charge in [0.1, 0.15) is 0 Å². The number of fused-ring (bicyclic) bond motifs is 2.